The molecule has 1 aromatic rings. The smallest absolute Gasteiger partial charge is 0.208 e. The van der Waals surface area contributed by atoms with E-state index in [0.717, 1.165) is 28.0 Å². The van der Waals surface area contributed by atoms with Gasteiger partial charge < -0.3 is 4.90 Å². The fourth-order valence-corrected chi connectivity index (χ4v) is 4.04. The van der Waals surface area contributed by atoms with Gasteiger partial charge in [-0.3, -0.25) is 4.90 Å². The summed E-state index contributed by atoms with van der Waals surface area (Å²) in [5, 5.41) is 10.6. The van der Waals surface area contributed by atoms with Gasteiger partial charge in [-0.25, -0.2) is 0 Å². The Labute approximate surface area is 106 Å². The number of anilines is 1. The molecule has 92 valence electrons. The van der Waals surface area contributed by atoms with Crippen molar-refractivity contribution >= 4 is 16.5 Å². The van der Waals surface area contributed by atoms with Crippen LogP contribution in [0, 0.1) is 18.8 Å². The first kappa shape index (κ1) is 10.3. The normalized spacial score (nSPS) is 33.4. The van der Waals surface area contributed by atoms with Gasteiger partial charge in [0, 0.05) is 32.2 Å². The zero-order chi connectivity index (χ0) is 11.4. The summed E-state index contributed by atoms with van der Waals surface area (Å²) in [6.45, 7) is 7.07. The van der Waals surface area contributed by atoms with Crippen molar-refractivity contribution in [2.75, 3.05) is 31.1 Å². The Kier molecular flexibility index (Phi) is 2.21. The highest BCUT2D eigenvalue weighted by atomic mass is 32.1. The van der Waals surface area contributed by atoms with Crippen molar-refractivity contribution in [2.24, 2.45) is 11.8 Å². The second-order valence-electron chi connectivity index (χ2n) is 5.71. The summed E-state index contributed by atoms with van der Waals surface area (Å²) in [4.78, 5) is 5.17. The molecule has 4 nitrogen and oxygen atoms in total. The number of aryl methyl sites for hydroxylation is 1. The molecule has 4 rings (SSSR count). The summed E-state index contributed by atoms with van der Waals surface area (Å²) in [6, 6.07) is 0.942. The Morgan fingerprint density at radius 3 is 2.29 bits per heavy atom. The third kappa shape index (κ3) is 1.76. The molecule has 0 radical (unpaired) electrons. The molecule has 5 heteroatoms. The van der Waals surface area contributed by atoms with Gasteiger partial charge in [-0.1, -0.05) is 11.3 Å². The van der Waals surface area contributed by atoms with Crippen molar-refractivity contribution in [2.45, 2.75) is 25.8 Å². The number of rotatable bonds is 2. The number of fused-ring (bicyclic) bond motifs is 1. The lowest BCUT2D eigenvalue weighted by Crippen LogP contribution is -2.30. The highest BCUT2D eigenvalue weighted by Gasteiger charge is 2.44. The van der Waals surface area contributed by atoms with E-state index < -0.39 is 0 Å². The van der Waals surface area contributed by atoms with E-state index in [1.807, 2.05) is 6.92 Å². The minimum atomic E-state index is 0.875. The number of hydrogen-bond acceptors (Lipinski definition) is 5. The summed E-state index contributed by atoms with van der Waals surface area (Å²) in [5.74, 6) is 1.75. The SMILES string of the molecule is Cc1nnc(N2CC3CN(C4CC4)CC3C2)s1. The molecule has 3 heterocycles. The molecule has 2 saturated heterocycles. The molecule has 1 saturated carbocycles. The second kappa shape index (κ2) is 3.65. The summed E-state index contributed by atoms with van der Waals surface area (Å²) in [5.41, 5.74) is 0. The van der Waals surface area contributed by atoms with Crippen LogP contribution in [0.4, 0.5) is 5.13 Å². The number of hydrogen-bond donors (Lipinski definition) is 0. The topological polar surface area (TPSA) is 32.3 Å². The zero-order valence-electron chi connectivity index (χ0n) is 10.2. The predicted molar refractivity (Wildman–Crippen MR) is 68.4 cm³/mol. The first-order valence-corrected chi connectivity index (χ1v) is 7.40. The van der Waals surface area contributed by atoms with Crippen LogP contribution in [-0.4, -0.2) is 47.3 Å². The zero-order valence-corrected chi connectivity index (χ0v) is 11.0. The monoisotopic (exact) mass is 250 g/mol. The maximum atomic E-state index is 4.27. The molecule has 0 bridgehead atoms. The third-order valence-corrected chi connectivity index (χ3v) is 5.26. The fourth-order valence-electron chi connectivity index (χ4n) is 3.34. The summed E-state index contributed by atoms with van der Waals surface area (Å²) < 4.78 is 0. The standard InChI is InChI=1S/C12H18N4S/c1-8-13-14-12(17-8)16-6-9-4-15(11-2-3-11)5-10(9)7-16/h9-11H,2-7H2,1H3. The lowest BCUT2D eigenvalue weighted by atomic mass is 10.0. The van der Waals surface area contributed by atoms with Gasteiger partial charge in [0.1, 0.15) is 5.01 Å². The van der Waals surface area contributed by atoms with Crippen LogP contribution in [0.25, 0.3) is 0 Å². The van der Waals surface area contributed by atoms with Crippen molar-refractivity contribution in [1.29, 1.82) is 0 Å². The molecular weight excluding hydrogens is 232 g/mol. The van der Waals surface area contributed by atoms with Crippen LogP contribution in [-0.2, 0) is 0 Å². The van der Waals surface area contributed by atoms with Crippen LogP contribution >= 0.6 is 11.3 Å². The number of likely N-dealkylation sites (tertiary alicyclic amines) is 1. The average molecular weight is 250 g/mol. The maximum absolute atomic E-state index is 4.27. The van der Waals surface area contributed by atoms with Crippen LogP contribution in [0.3, 0.4) is 0 Å². The molecule has 2 unspecified atom stereocenters. The Hall–Kier alpha value is -0.680. The second-order valence-corrected chi connectivity index (χ2v) is 6.87. The molecule has 0 amide bonds. The van der Waals surface area contributed by atoms with Gasteiger partial charge in [0.25, 0.3) is 0 Å². The van der Waals surface area contributed by atoms with E-state index in [1.165, 1.54) is 39.0 Å². The molecule has 1 aromatic heterocycles. The van der Waals surface area contributed by atoms with Gasteiger partial charge in [0.2, 0.25) is 5.13 Å². The fraction of sp³-hybridized carbons (Fsp3) is 0.833. The molecular formula is C12H18N4S. The van der Waals surface area contributed by atoms with E-state index in [-0.39, 0.29) is 0 Å². The molecule has 1 aliphatic carbocycles. The number of aromatic nitrogens is 2. The predicted octanol–water partition coefficient (Wildman–Crippen LogP) is 1.38. The Morgan fingerprint density at radius 1 is 1.06 bits per heavy atom. The molecule has 2 atom stereocenters. The van der Waals surface area contributed by atoms with E-state index in [2.05, 4.69) is 20.0 Å². The Bertz CT molecular complexity index is 414. The van der Waals surface area contributed by atoms with Gasteiger partial charge in [-0.15, -0.1) is 10.2 Å². The maximum Gasteiger partial charge on any atom is 0.208 e. The van der Waals surface area contributed by atoms with E-state index in [4.69, 9.17) is 0 Å². The van der Waals surface area contributed by atoms with Crippen molar-refractivity contribution in [1.82, 2.24) is 15.1 Å². The highest BCUT2D eigenvalue weighted by molar-refractivity contribution is 7.15. The van der Waals surface area contributed by atoms with Crippen molar-refractivity contribution < 1.29 is 0 Å². The molecule has 0 aromatic carbocycles. The van der Waals surface area contributed by atoms with Crippen molar-refractivity contribution in [3.05, 3.63) is 5.01 Å². The van der Waals surface area contributed by atoms with E-state index in [9.17, 15) is 0 Å². The van der Waals surface area contributed by atoms with E-state index in [0.29, 0.717) is 0 Å². The summed E-state index contributed by atoms with van der Waals surface area (Å²) in [6.07, 6.45) is 2.89. The molecule has 0 spiro atoms. The first-order chi connectivity index (χ1) is 8.29. The van der Waals surface area contributed by atoms with Gasteiger partial charge in [-0.05, 0) is 31.6 Å². The van der Waals surface area contributed by atoms with Crippen molar-refractivity contribution in [3.8, 4) is 0 Å². The van der Waals surface area contributed by atoms with Crippen LogP contribution in [0.15, 0.2) is 0 Å². The summed E-state index contributed by atoms with van der Waals surface area (Å²) in [7, 11) is 0. The largest absolute Gasteiger partial charge is 0.346 e. The molecule has 3 aliphatic rings. The van der Waals surface area contributed by atoms with Crippen LogP contribution in [0.2, 0.25) is 0 Å². The highest BCUT2D eigenvalue weighted by Crippen LogP contribution is 2.39. The molecule has 0 N–H and O–H groups in total. The minimum Gasteiger partial charge on any atom is -0.346 e. The van der Waals surface area contributed by atoms with Gasteiger partial charge in [-0.2, -0.15) is 0 Å². The molecule has 17 heavy (non-hydrogen) atoms. The van der Waals surface area contributed by atoms with Gasteiger partial charge in [0.05, 0.1) is 0 Å². The first-order valence-electron chi connectivity index (χ1n) is 6.59. The Balaban J connectivity index is 1.44. The van der Waals surface area contributed by atoms with Crippen LogP contribution in [0.1, 0.15) is 17.8 Å². The van der Waals surface area contributed by atoms with Gasteiger partial charge in [0.15, 0.2) is 0 Å². The van der Waals surface area contributed by atoms with Crippen molar-refractivity contribution in [3.63, 3.8) is 0 Å². The third-order valence-electron chi connectivity index (χ3n) is 4.36. The number of nitrogens with zero attached hydrogens (tertiary/aromatic N) is 4. The minimum absolute atomic E-state index is 0.875. The Morgan fingerprint density at radius 2 is 1.76 bits per heavy atom. The van der Waals surface area contributed by atoms with Crippen LogP contribution < -0.4 is 4.90 Å². The lowest BCUT2D eigenvalue weighted by Gasteiger charge is -2.20. The molecule has 2 aliphatic heterocycles. The van der Waals surface area contributed by atoms with Crippen LogP contribution in [0.5, 0.6) is 0 Å². The quantitative estimate of drug-likeness (QED) is 0.794. The summed E-state index contributed by atoms with van der Waals surface area (Å²) >= 11 is 1.73. The molecule has 3 fully saturated rings. The van der Waals surface area contributed by atoms with E-state index in [1.54, 1.807) is 11.3 Å². The van der Waals surface area contributed by atoms with E-state index >= 15 is 0 Å². The lowest BCUT2D eigenvalue weighted by molar-refractivity contribution is 0.306. The average Bonchev–Trinajstić information content (AvgIpc) is 2.75. The van der Waals surface area contributed by atoms with Gasteiger partial charge >= 0.3 is 0 Å².